The number of hydrogen-bond donors (Lipinski definition) is 1. The van der Waals surface area contributed by atoms with E-state index in [1.165, 1.54) is 10.8 Å². The first kappa shape index (κ1) is 16.3. The minimum absolute atomic E-state index is 0.0397. The molecule has 2 N–H and O–H groups in total. The van der Waals surface area contributed by atoms with Crippen molar-refractivity contribution >= 4 is 17.4 Å². The zero-order valence-electron chi connectivity index (χ0n) is 13.4. The molecule has 3 aromatic rings. The molecule has 3 aromatic heterocycles. The molecule has 0 spiro atoms. The lowest BCUT2D eigenvalue weighted by Crippen LogP contribution is -2.15. The van der Waals surface area contributed by atoms with Crippen molar-refractivity contribution in [1.82, 2.24) is 30.2 Å². The van der Waals surface area contributed by atoms with Gasteiger partial charge in [-0.1, -0.05) is 23.7 Å². The molecule has 1 aliphatic carbocycles. The summed E-state index contributed by atoms with van der Waals surface area (Å²) < 4.78 is 15.8. The maximum atomic E-state index is 14.5. The highest BCUT2D eigenvalue weighted by atomic mass is 35.5. The fourth-order valence-electron chi connectivity index (χ4n) is 2.78. The quantitative estimate of drug-likeness (QED) is 0.761. The van der Waals surface area contributed by atoms with E-state index in [9.17, 15) is 4.39 Å². The van der Waals surface area contributed by atoms with Gasteiger partial charge in [-0.25, -0.2) is 14.1 Å². The van der Waals surface area contributed by atoms with Gasteiger partial charge in [0.05, 0.1) is 10.6 Å². The Bertz CT molecular complexity index is 1010. The van der Waals surface area contributed by atoms with Crippen LogP contribution in [-0.4, -0.2) is 30.2 Å². The highest BCUT2D eigenvalue weighted by Gasteiger charge is 2.27. The van der Waals surface area contributed by atoms with Crippen molar-refractivity contribution in [2.24, 2.45) is 0 Å². The lowest BCUT2D eigenvalue weighted by atomic mass is 10.1. The normalized spacial score (nSPS) is 16.9. The van der Waals surface area contributed by atoms with Gasteiger partial charge in [0.1, 0.15) is 17.7 Å². The molecule has 4 rings (SSSR count). The van der Waals surface area contributed by atoms with Gasteiger partial charge in [0, 0.05) is 29.7 Å². The number of rotatable bonds is 3. The summed E-state index contributed by atoms with van der Waals surface area (Å²) in [7, 11) is 0. The van der Waals surface area contributed by atoms with Crippen LogP contribution in [0.3, 0.4) is 0 Å². The van der Waals surface area contributed by atoms with Crippen LogP contribution in [0.5, 0.6) is 0 Å². The third-order valence-corrected chi connectivity index (χ3v) is 4.39. The maximum Gasteiger partial charge on any atom is 0.186 e. The third kappa shape index (κ3) is 2.84. The number of hydrogen-bond acceptors (Lipinski definition) is 6. The second kappa shape index (κ2) is 6.64. The van der Waals surface area contributed by atoms with Crippen LogP contribution >= 0.6 is 11.6 Å². The van der Waals surface area contributed by atoms with Gasteiger partial charge >= 0.3 is 0 Å². The van der Waals surface area contributed by atoms with Gasteiger partial charge in [-0.2, -0.15) is 0 Å². The molecule has 0 aliphatic heterocycles. The summed E-state index contributed by atoms with van der Waals surface area (Å²) in [6.07, 6.45) is 8.73. The van der Waals surface area contributed by atoms with Crippen LogP contribution < -0.4 is 5.73 Å². The Labute approximate surface area is 153 Å². The smallest absolute Gasteiger partial charge is 0.186 e. The third-order valence-electron chi connectivity index (χ3n) is 4.09. The number of nitrogens with zero attached hydrogens (tertiary/aromatic N) is 6. The largest absolute Gasteiger partial charge is 0.383 e. The first-order valence-corrected chi connectivity index (χ1v) is 8.19. The van der Waals surface area contributed by atoms with Crippen molar-refractivity contribution in [2.75, 3.05) is 5.73 Å². The molecule has 1 aliphatic rings. The van der Waals surface area contributed by atoms with Crippen LogP contribution in [0.1, 0.15) is 12.5 Å². The van der Waals surface area contributed by atoms with Crippen LogP contribution in [0.15, 0.2) is 59.8 Å². The van der Waals surface area contributed by atoms with E-state index >= 15 is 0 Å². The van der Waals surface area contributed by atoms with E-state index < -0.39 is 11.9 Å². The van der Waals surface area contributed by atoms with Crippen LogP contribution in [0, 0.1) is 0 Å². The van der Waals surface area contributed by atoms with E-state index in [1.54, 1.807) is 24.7 Å². The van der Waals surface area contributed by atoms with E-state index in [-0.39, 0.29) is 10.9 Å². The van der Waals surface area contributed by atoms with E-state index in [1.807, 2.05) is 18.2 Å². The summed E-state index contributed by atoms with van der Waals surface area (Å²) in [6.45, 7) is 0. The fourth-order valence-corrected chi connectivity index (χ4v) is 2.99. The summed E-state index contributed by atoms with van der Waals surface area (Å²) >= 11 is 5.91. The number of nitrogen functional groups attached to an aromatic ring is 1. The van der Waals surface area contributed by atoms with E-state index in [2.05, 4.69) is 25.5 Å². The highest BCUT2D eigenvalue weighted by Crippen LogP contribution is 2.35. The molecule has 0 aromatic carbocycles. The van der Waals surface area contributed by atoms with Crippen molar-refractivity contribution in [1.29, 1.82) is 0 Å². The molecule has 0 amide bonds. The maximum absolute atomic E-state index is 14.5. The summed E-state index contributed by atoms with van der Waals surface area (Å²) in [5.74, 6) is 0.0776. The minimum Gasteiger partial charge on any atom is -0.383 e. The van der Waals surface area contributed by atoms with Gasteiger partial charge in [-0.05, 0) is 35.1 Å². The van der Waals surface area contributed by atoms with Crippen LogP contribution in [0.25, 0.3) is 22.5 Å². The molecule has 26 heavy (non-hydrogen) atoms. The lowest BCUT2D eigenvalue weighted by Gasteiger charge is -2.19. The fraction of sp³-hybridized carbons (Fsp3) is 0.118. The molecule has 0 saturated heterocycles. The molecule has 1 atom stereocenters. The van der Waals surface area contributed by atoms with Gasteiger partial charge in [0.2, 0.25) is 0 Å². The highest BCUT2D eigenvalue weighted by molar-refractivity contribution is 6.31. The molecule has 9 heteroatoms. The Balaban J connectivity index is 1.81. The number of halogens is 2. The predicted molar refractivity (Wildman–Crippen MR) is 95.5 cm³/mol. The topological polar surface area (TPSA) is 95.4 Å². The molecule has 0 unspecified atom stereocenters. The molecule has 130 valence electrons. The minimum atomic E-state index is -0.723. The molecule has 0 saturated carbocycles. The molecule has 0 bridgehead atoms. The Morgan fingerprint density at radius 1 is 1.27 bits per heavy atom. The van der Waals surface area contributed by atoms with Gasteiger partial charge < -0.3 is 5.73 Å². The second-order valence-electron chi connectivity index (χ2n) is 5.70. The van der Waals surface area contributed by atoms with Crippen molar-refractivity contribution in [3.8, 4) is 22.5 Å². The Hall–Kier alpha value is -3.13. The predicted octanol–water partition coefficient (Wildman–Crippen LogP) is 3.30. The molecular weight excluding hydrogens is 357 g/mol. The molecule has 0 fully saturated rings. The van der Waals surface area contributed by atoms with Crippen molar-refractivity contribution < 1.29 is 4.39 Å². The number of pyridine rings is 2. The number of nitrogens with two attached hydrogens (primary N) is 1. The number of allylic oxidation sites excluding steroid dienone is 4. The average Bonchev–Trinajstić information content (AvgIpc) is 3.14. The standard InChI is InChI=1S/C17H13ClFN7/c18-13-4-1-5-14(15(13)19)26-17(23-24-25-26)12-7-11(9-22-16(12)20)10-3-2-6-21-8-10/h1-4,6-9,14H,5H2,(H2,20,22)/t14-/m1/s1. The Morgan fingerprint density at radius 2 is 2.15 bits per heavy atom. The summed E-state index contributed by atoms with van der Waals surface area (Å²) in [6, 6.07) is 4.81. The Kier molecular flexibility index (Phi) is 4.18. The molecule has 7 nitrogen and oxygen atoms in total. The zero-order valence-corrected chi connectivity index (χ0v) is 14.2. The molecule has 3 heterocycles. The second-order valence-corrected chi connectivity index (χ2v) is 6.10. The van der Waals surface area contributed by atoms with E-state index in [0.29, 0.717) is 17.8 Å². The lowest BCUT2D eigenvalue weighted by molar-refractivity contribution is 0.413. The summed E-state index contributed by atoms with van der Waals surface area (Å²) in [5.41, 5.74) is 8.22. The van der Waals surface area contributed by atoms with E-state index in [0.717, 1.165) is 11.1 Å². The summed E-state index contributed by atoms with van der Waals surface area (Å²) in [4.78, 5) is 8.33. The average molecular weight is 370 g/mol. The number of anilines is 1. The van der Waals surface area contributed by atoms with Crippen molar-refractivity contribution in [3.05, 3.63) is 59.8 Å². The first-order chi connectivity index (χ1) is 12.6. The van der Waals surface area contributed by atoms with Gasteiger partial charge in [-0.15, -0.1) is 5.10 Å². The van der Waals surface area contributed by atoms with Gasteiger partial charge in [-0.3, -0.25) is 4.98 Å². The van der Waals surface area contributed by atoms with Gasteiger partial charge in [0.15, 0.2) is 5.82 Å². The van der Waals surface area contributed by atoms with Crippen molar-refractivity contribution in [2.45, 2.75) is 12.5 Å². The zero-order chi connectivity index (χ0) is 18.1. The first-order valence-electron chi connectivity index (χ1n) is 7.81. The summed E-state index contributed by atoms with van der Waals surface area (Å²) in [5, 5.41) is 11.7. The number of tetrazole rings is 1. The van der Waals surface area contributed by atoms with Gasteiger partial charge in [0.25, 0.3) is 0 Å². The van der Waals surface area contributed by atoms with Crippen molar-refractivity contribution in [3.63, 3.8) is 0 Å². The SMILES string of the molecule is Nc1ncc(-c2cccnc2)cc1-c1nnnn1[C@@H]1CC=CC(Cl)=C1F. The van der Waals surface area contributed by atoms with Crippen LogP contribution in [-0.2, 0) is 0 Å². The monoisotopic (exact) mass is 369 g/mol. The molecular formula is C17H13ClFN7. The van der Waals surface area contributed by atoms with Crippen LogP contribution in [0.2, 0.25) is 0 Å². The Morgan fingerprint density at radius 3 is 2.96 bits per heavy atom. The molecule has 0 radical (unpaired) electrons. The van der Waals surface area contributed by atoms with E-state index in [4.69, 9.17) is 17.3 Å². The number of aromatic nitrogens is 6. The van der Waals surface area contributed by atoms with Crippen LogP contribution in [0.4, 0.5) is 10.2 Å².